The molecule has 1 aliphatic rings. The van der Waals surface area contributed by atoms with E-state index in [1.165, 1.54) is 38.5 Å². The van der Waals surface area contributed by atoms with Gasteiger partial charge in [-0.05, 0) is 18.9 Å². The normalized spacial score (nSPS) is 17.8. The van der Waals surface area contributed by atoms with E-state index in [2.05, 4.69) is 4.98 Å². The number of nitrogen functional groups attached to an aromatic ring is 1. The number of rotatable bonds is 1. The van der Waals surface area contributed by atoms with Gasteiger partial charge in [0.25, 0.3) is 0 Å². The molecular formula is C14H17Cl2N3. The lowest BCUT2D eigenvalue weighted by molar-refractivity contribution is 0.582. The summed E-state index contributed by atoms with van der Waals surface area (Å²) in [4.78, 5) is 4.67. The van der Waals surface area contributed by atoms with E-state index in [0.717, 1.165) is 5.69 Å². The Labute approximate surface area is 122 Å². The second kappa shape index (κ2) is 5.22. The topological polar surface area (TPSA) is 43.3 Å². The zero-order valence-electron chi connectivity index (χ0n) is 10.7. The van der Waals surface area contributed by atoms with Crippen molar-refractivity contribution >= 4 is 34.7 Å². The predicted molar refractivity (Wildman–Crippen MR) is 80.1 cm³/mol. The summed E-state index contributed by atoms with van der Waals surface area (Å²) in [5.74, 6) is 1.14. The van der Waals surface area contributed by atoms with E-state index >= 15 is 0 Å². The van der Waals surface area contributed by atoms with Gasteiger partial charge in [0.2, 0.25) is 0 Å². The van der Waals surface area contributed by atoms with E-state index in [1.807, 2.05) is 4.40 Å². The molecule has 0 amide bonds. The predicted octanol–water partition coefficient (Wildman–Crippen LogP) is 4.66. The first-order valence-corrected chi connectivity index (χ1v) is 7.55. The number of aromatic nitrogens is 2. The molecule has 1 aliphatic carbocycles. The molecule has 2 N–H and O–H groups in total. The average Bonchev–Trinajstić information content (AvgIpc) is 2.58. The molecule has 3 rings (SSSR count). The molecule has 0 unspecified atom stereocenters. The van der Waals surface area contributed by atoms with Crippen LogP contribution in [-0.4, -0.2) is 9.38 Å². The first kappa shape index (κ1) is 13.1. The number of fused-ring (bicyclic) bond motifs is 1. The molecule has 19 heavy (non-hydrogen) atoms. The molecule has 0 spiro atoms. The molecule has 102 valence electrons. The lowest BCUT2D eigenvalue weighted by Crippen LogP contribution is -2.02. The Balaban J connectivity index is 2.08. The fourth-order valence-corrected chi connectivity index (χ4v) is 3.47. The van der Waals surface area contributed by atoms with Crippen LogP contribution in [0.1, 0.15) is 50.1 Å². The maximum Gasteiger partial charge on any atom is 0.157 e. The van der Waals surface area contributed by atoms with Gasteiger partial charge < -0.3 is 5.73 Å². The van der Waals surface area contributed by atoms with Gasteiger partial charge in [-0.15, -0.1) is 0 Å². The highest BCUT2D eigenvalue weighted by molar-refractivity contribution is 6.36. The van der Waals surface area contributed by atoms with E-state index in [0.29, 0.717) is 27.4 Å². The van der Waals surface area contributed by atoms with Gasteiger partial charge in [-0.2, -0.15) is 0 Å². The largest absolute Gasteiger partial charge is 0.383 e. The second-order valence-corrected chi connectivity index (χ2v) is 6.11. The van der Waals surface area contributed by atoms with Gasteiger partial charge in [-0.3, -0.25) is 4.40 Å². The fraction of sp³-hybridized carbons (Fsp3) is 0.500. The van der Waals surface area contributed by atoms with Gasteiger partial charge in [-0.25, -0.2) is 4.98 Å². The van der Waals surface area contributed by atoms with Crippen molar-refractivity contribution < 1.29 is 0 Å². The maximum absolute atomic E-state index is 6.24. The molecule has 0 aliphatic heterocycles. The molecule has 5 heteroatoms. The third-order valence-electron chi connectivity index (χ3n) is 3.95. The van der Waals surface area contributed by atoms with E-state index in [4.69, 9.17) is 28.9 Å². The quantitative estimate of drug-likeness (QED) is 0.778. The Kier molecular flexibility index (Phi) is 3.59. The lowest BCUT2D eigenvalue weighted by Gasteiger charge is -2.11. The zero-order valence-corrected chi connectivity index (χ0v) is 12.2. The van der Waals surface area contributed by atoms with Crippen molar-refractivity contribution in [3.8, 4) is 0 Å². The molecule has 0 radical (unpaired) electrons. The van der Waals surface area contributed by atoms with Crippen LogP contribution in [0.5, 0.6) is 0 Å². The summed E-state index contributed by atoms with van der Waals surface area (Å²) in [5, 5.41) is 1.13. The summed E-state index contributed by atoms with van der Waals surface area (Å²) in [6.07, 6.45) is 9.26. The third-order valence-corrected chi connectivity index (χ3v) is 4.43. The minimum atomic E-state index is 0.456. The summed E-state index contributed by atoms with van der Waals surface area (Å²) in [6.45, 7) is 0. The molecule has 3 nitrogen and oxygen atoms in total. The van der Waals surface area contributed by atoms with Crippen molar-refractivity contribution in [1.82, 2.24) is 9.38 Å². The molecular weight excluding hydrogens is 281 g/mol. The number of hydrogen-bond acceptors (Lipinski definition) is 2. The van der Waals surface area contributed by atoms with Crippen molar-refractivity contribution in [3.63, 3.8) is 0 Å². The van der Waals surface area contributed by atoms with Gasteiger partial charge in [-0.1, -0.05) is 48.9 Å². The van der Waals surface area contributed by atoms with Crippen LogP contribution in [-0.2, 0) is 0 Å². The second-order valence-electron chi connectivity index (χ2n) is 5.27. The maximum atomic E-state index is 6.24. The van der Waals surface area contributed by atoms with Crippen LogP contribution < -0.4 is 5.73 Å². The highest BCUT2D eigenvalue weighted by atomic mass is 35.5. The summed E-state index contributed by atoms with van der Waals surface area (Å²) >= 11 is 12.2. The summed E-state index contributed by atoms with van der Waals surface area (Å²) in [7, 11) is 0. The summed E-state index contributed by atoms with van der Waals surface area (Å²) in [5.41, 5.74) is 7.94. The van der Waals surface area contributed by atoms with Crippen molar-refractivity contribution in [2.45, 2.75) is 44.4 Å². The van der Waals surface area contributed by atoms with Crippen molar-refractivity contribution in [1.29, 1.82) is 0 Å². The minimum absolute atomic E-state index is 0.456. The van der Waals surface area contributed by atoms with Gasteiger partial charge in [0.05, 0.1) is 15.7 Å². The summed E-state index contributed by atoms with van der Waals surface area (Å²) in [6, 6.07) is 1.71. The molecule has 0 atom stereocenters. The standard InChI is InChI=1S/C14H17Cl2N3/c15-10-7-11(16)14-18-12(13(17)19(14)8-10)9-5-3-1-2-4-6-9/h7-9H,1-6,17H2. The smallest absolute Gasteiger partial charge is 0.157 e. The van der Waals surface area contributed by atoms with Gasteiger partial charge >= 0.3 is 0 Å². The van der Waals surface area contributed by atoms with Crippen LogP contribution in [0, 0.1) is 0 Å². The average molecular weight is 298 g/mol. The minimum Gasteiger partial charge on any atom is -0.383 e. The molecule has 1 fully saturated rings. The fourth-order valence-electron chi connectivity index (χ4n) is 2.96. The number of nitrogens with two attached hydrogens (primary N) is 1. The molecule has 0 aromatic carbocycles. The number of pyridine rings is 1. The van der Waals surface area contributed by atoms with E-state index in [9.17, 15) is 0 Å². The monoisotopic (exact) mass is 297 g/mol. The Morgan fingerprint density at radius 1 is 1.16 bits per heavy atom. The van der Waals surface area contributed by atoms with Crippen molar-refractivity contribution in [2.24, 2.45) is 0 Å². The third kappa shape index (κ3) is 2.41. The van der Waals surface area contributed by atoms with E-state index in [1.54, 1.807) is 12.3 Å². The van der Waals surface area contributed by atoms with Crippen LogP contribution in [0.2, 0.25) is 10.0 Å². The highest BCUT2D eigenvalue weighted by Gasteiger charge is 2.22. The summed E-state index contributed by atoms with van der Waals surface area (Å²) < 4.78 is 1.81. The molecule has 1 saturated carbocycles. The van der Waals surface area contributed by atoms with Crippen LogP contribution in [0.25, 0.3) is 5.65 Å². The number of nitrogens with zero attached hydrogens (tertiary/aromatic N) is 2. The first-order chi connectivity index (χ1) is 9.16. The van der Waals surface area contributed by atoms with Crippen molar-refractivity contribution in [3.05, 3.63) is 28.0 Å². The lowest BCUT2D eigenvalue weighted by atomic mass is 9.97. The Morgan fingerprint density at radius 3 is 2.53 bits per heavy atom. The zero-order chi connectivity index (χ0) is 13.4. The van der Waals surface area contributed by atoms with Crippen LogP contribution in [0.15, 0.2) is 12.3 Å². The SMILES string of the molecule is Nc1c(C2CCCCCC2)nc2c(Cl)cc(Cl)cn12. The Hall–Kier alpha value is -0.930. The Morgan fingerprint density at radius 2 is 1.84 bits per heavy atom. The highest BCUT2D eigenvalue weighted by Crippen LogP contribution is 2.36. The van der Waals surface area contributed by atoms with Crippen LogP contribution in [0.3, 0.4) is 0 Å². The van der Waals surface area contributed by atoms with E-state index < -0.39 is 0 Å². The number of halogens is 2. The van der Waals surface area contributed by atoms with Gasteiger partial charge in [0.15, 0.2) is 5.65 Å². The molecule has 2 aromatic heterocycles. The number of imidazole rings is 1. The molecule has 2 aromatic rings. The first-order valence-electron chi connectivity index (χ1n) is 6.79. The van der Waals surface area contributed by atoms with Gasteiger partial charge in [0.1, 0.15) is 5.82 Å². The van der Waals surface area contributed by atoms with Crippen molar-refractivity contribution in [2.75, 3.05) is 5.73 Å². The van der Waals surface area contributed by atoms with Gasteiger partial charge in [0, 0.05) is 12.1 Å². The molecule has 0 bridgehead atoms. The van der Waals surface area contributed by atoms with Crippen LogP contribution in [0.4, 0.5) is 5.82 Å². The number of hydrogen-bond donors (Lipinski definition) is 1. The van der Waals surface area contributed by atoms with Crippen LogP contribution >= 0.6 is 23.2 Å². The number of anilines is 1. The Bertz CT molecular complexity index is 598. The molecule has 0 saturated heterocycles. The molecule has 2 heterocycles. The van der Waals surface area contributed by atoms with E-state index in [-0.39, 0.29) is 0 Å².